The minimum Gasteiger partial charge on any atom is -0.495 e. The molecule has 0 bridgehead atoms. The van der Waals surface area contributed by atoms with Gasteiger partial charge in [0, 0.05) is 24.5 Å². The number of allylic oxidation sites excluding steroid dienone is 3. The molecule has 4 N–H and O–H groups in total. The van der Waals surface area contributed by atoms with E-state index < -0.39 is 24.7 Å². The molecule has 2 aliphatic rings. The van der Waals surface area contributed by atoms with Crippen molar-refractivity contribution in [3.8, 4) is 5.75 Å². The third-order valence-electron chi connectivity index (χ3n) is 5.24. The number of ether oxygens (including phenoxy) is 5. The van der Waals surface area contributed by atoms with E-state index in [1.807, 2.05) is 18.2 Å². The molecule has 1 amide bonds. The second-order valence-electron chi connectivity index (χ2n) is 7.27. The Bertz CT molecular complexity index is 1070. The number of methoxy groups -OCH3 is 4. The lowest BCUT2D eigenvalue weighted by Gasteiger charge is -2.19. The summed E-state index contributed by atoms with van der Waals surface area (Å²) in [6, 6.07) is 4.20. The first-order chi connectivity index (χ1) is 16.5. The van der Waals surface area contributed by atoms with Crippen molar-refractivity contribution in [3.63, 3.8) is 0 Å². The number of hydrogen-bond donors (Lipinski definition) is 3. The third kappa shape index (κ3) is 5.30. The maximum absolute atomic E-state index is 12.3. The minimum absolute atomic E-state index is 0.145. The number of nitrogens with two attached hydrogens (primary N) is 1. The summed E-state index contributed by atoms with van der Waals surface area (Å²) in [5.41, 5.74) is 8.14. The fraction of sp³-hybridized carbons (Fsp3) is 0.333. The quantitative estimate of drug-likeness (QED) is 0.496. The molecule has 2 unspecified atom stereocenters. The predicted molar refractivity (Wildman–Crippen MR) is 127 cm³/mol. The van der Waals surface area contributed by atoms with Crippen molar-refractivity contribution in [3.05, 3.63) is 64.8 Å². The summed E-state index contributed by atoms with van der Waals surface area (Å²) in [5.74, 6) is 1.47. The molecule has 10 nitrogen and oxygen atoms in total. The molecule has 1 aliphatic carbocycles. The van der Waals surface area contributed by atoms with Crippen molar-refractivity contribution in [2.45, 2.75) is 12.1 Å². The first-order valence-electron chi connectivity index (χ1n) is 10.4. The van der Waals surface area contributed by atoms with Gasteiger partial charge in [0.05, 0.1) is 33.6 Å². The zero-order chi connectivity index (χ0) is 24.7. The molecule has 0 saturated heterocycles. The second-order valence-corrected chi connectivity index (χ2v) is 7.27. The van der Waals surface area contributed by atoms with Gasteiger partial charge in [0.15, 0.2) is 18.2 Å². The van der Waals surface area contributed by atoms with Crippen LogP contribution in [-0.2, 0) is 23.7 Å². The van der Waals surface area contributed by atoms with E-state index in [2.05, 4.69) is 10.3 Å². The van der Waals surface area contributed by atoms with Crippen LogP contribution in [0, 0.1) is 0 Å². The van der Waals surface area contributed by atoms with Gasteiger partial charge >= 0.3 is 0 Å². The van der Waals surface area contributed by atoms with Crippen LogP contribution in [0.3, 0.4) is 0 Å². The molecule has 0 fully saturated rings. The number of rotatable bonds is 9. The number of carbonyl (C=O) groups excluding carboxylic acids is 1. The van der Waals surface area contributed by atoms with Crippen molar-refractivity contribution in [1.82, 2.24) is 0 Å². The van der Waals surface area contributed by atoms with Crippen LogP contribution in [0.15, 0.2) is 64.3 Å². The van der Waals surface area contributed by atoms with Crippen LogP contribution in [0.5, 0.6) is 5.75 Å². The van der Waals surface area contributed by atoms with Gasteiger partial charge in [-0.25, -0.2) is 0 Å². The standard InChI is InChI=1S/C24H29N3O7/c1-30-19-7-5-14(9-18(19)27-24(29)17(25)12-28)16-11-26-13-34-22(16)15-6-8-20(31-2)23(33-4)21(10-15)32-3/h5-11,17,20,28H,12-13,25H2,1-4H3,(H,27,29). The van der Waals surface area contributed by atoms with Crippen molar-refractivity contribution in [2.75, 3.05) is 47.1 Å². The van der Waals surface area contributed by atoms with Gasteiger partial charge in [-0.2, -0.15) is 0 Å². The summed E-state index contributed by atoms with van der Waals surface area (Å²) in [5, 5.41) is 11.9. The summed E-state index contributed by atoms with van der Waals surface area (Å²) < 4.78 is 27.9. The molecule has 3 rings (SSSR count). The van der Waals surface area contributed by atoms with Crippen LogP contribution in [-0.4, -0.2) is 71.2 Å². The van der Waals surface area contributed by atoms with E-state index in [0.29, 0.717) is 39.9 Å². The molecule has 0 aromatic heterocycles. The summed E-state index contributed by atoms with van der Waals surface area (Å²) >= 11 is 0. The van der Waals surface area contributed by atoms with Crippen molar-refractivity contribution in [1.29, 1.82) is 0 Å². The van der Waals surface area contributed by atoms with Gasteiger partial charge < -0.3 is 39.8 Å². The Labute approximate surface area is 198 Å². The summed E-state index contributed by atoms with van der Waals surface area (Å²) in [6.45, 7) is -0.336. The molecule has 1 aromatic carbocycles. The van der Waals surface area contributed by atoms with Gasteiger partial charge in [-0.1, -0.05) is 12.1 Å². The highest BCUT2D eigenvalue weighted by Gasteiger charge is 2.24. The number of carbonyl (C=O) groups is 1. The maximum atomic E-state index is 12.3. The number of hydrogen-bond acceptors (Lipinski definition) is 9. The monoisotopic (exact) mass is 471 g/mol. The lowest BCUT2D eigenvalue weighted by atomic mass is 9.99. The Morgan fingerprint density at radius 1 is 1.26 bits per heavy atom. The van der Waals surface area contributed by atoms with Crippen molar-refractivity contribution < 1.29 is 33.6 Å². The highest BCUT2D eigenvalue weighted by atomic mass is 16.5. The number of aliphatic imine (C=N–C) groups is 1. The van der Waals surface area contributed by atoms with Crippen molar-refractivity contribution >= 4 is 23.4 Å². The number of aliphatic hydroxyl groups excluding tert-OH is 1. The van der Waals surface area contributed by atoms with Crippen LogP contribution < -0.4 is 15.8 Å². The lowest BCUT2D eigenvalue weighted by Crippen LogP contribution is -2.38. The van der Waals surface area contributed by atoms with Crippen LogP contribution in [0.25, 0.3) is 5.57 Å². The number of amides is 1. The molecule has 182 valence electrons. The predicted octanol–water partition coefficient (Wildman–Crippen LogP) is 1.74. The van der Waals surface area contributed by atoms with E-state index in [1.165, 1.54) is 7.11 Å². The van der Waals surface area contributed by atoms with Gasteiger partial charge in [-0.15, -0.1) is 0 Å². The average Bonchev–Trinajstić information content (AvgIpc) is 3.06. The first kappa shape index (κ1) is 25.0. The molecule has 1 aromatic rings. The number of nitrogens with zero attached hydrogens (tertiary/aromatic N) is 1. The topological polar surface area (TPSA) is 134 Å². The molecule has 0 spiro atoms. The van der Waals surface area contributed by atoms with E-state index in [9.17, 15) is 9.90 Å². The Morgan fingerprint density at radius 3 is 2.71 bits per heavy atom. The SMILES string of the molecule is COC1=C(OC)C(OC)C=CC(C2=C(c3ccc(OC)c(NC(=O)C(N)CO)c3)C=NCO2)=C1. The number of nitrogens with one attached hydrogen (secondary N) is 1. The van der Waals surface area contributed by atoms with E-state index in [0.717, 1.165) is 5.57 Å². The summed E-state index contributed by atoms with van der Waals surface area (Å²) in [4.78, 5) is 16.5. The van der Waals surface area contributed by atoms with Crippen LogP contribution >= 0.6 is 0 Å². The Morgan fingerprint density at radius 2 is 2.06 bits per heavy atom. The van der Waals surface area contributed by atoms with E-state index in [4.69, 9.17) is 29.4 Å². The molecule has 10 heteroatoms. The van der Waals surface area contributed by atoms with Crippen LogP contribution in [0.2, 0.25) is 0 Å². The third-order valence-corrected chi connectivity index (χ3v) is 5.24. The molecule has 2 atom stereocenters. The largest absolute Gasteiger partial charge is 0.495 e. The Kier molecular flexibility index (Phi) is 8.47. The molecular formula is C24H29N3O7. The lowest BCUT2D eigenvalue weighted by molar-refractivity contribution is -0.118. The van der Waals surface area contributed by atoms with Crippen LogP contribution in [0.4, 0.5) is 5.69 Å². The summed E-state index contributed by atoms with van der Waals surface area (Å²) in [7, 11) is 6.17. The number of benzene rings is 1. The van der Waals surface area contributed by atoms with E-state index in [1.54, 1.807) is 45.8 Å². The van der Waals surface area contributed by atoms with Gasteiger partial charge in [0.25, 0.3) is 0 Å². The minimum atomic E-state index is -1.06. The fourth-order valence-corrected chi connectivity index (χ4v) is 3.48. The highest BCUT2D eigenvalue weighted by Crippen LogP contribution is 2.34. The van der Waals surface area contributed by atoms with Gasteiger partial charge in [0.2, 0.25) is 5.91 Å². The molecular weight excluding hydrogens is 442 g/mol. The highest BCUT2D eigenvalue weighted by molar-refractivity contribution is 6.12. The van der Waals surface area contributed by atoms with Gasteiger partial charge in [0.1, 0.15) is 23.7 Å². The second kappa shape index (κ2) is 11.5. The number of aliphatic hydroxyl groups is 1. The maximum Gasteiger partial charge on any atom is 0.243 e. The summed E-state index contributed by atoms with van der Waals surface area (Å²) in [6.07, 6.45) is 6.77. The Balaban J connectivity index is 2.10. The molecule has 34 heavy (non-hydrogen) atoms. The average molecular weight is 472 g/mol. The zero-order valence-corrected chi connectivity index (χ0v) is 19.5. The molecule has 1 heterocycles. The number of anilines is 1. The molecule has 0 radical (unpaired) electrons. The fourth-order valence-electron chi connectivity index (χ4n) is 3.48. The van der Waals surface area contributed by atoms with E-state index >= 15 is 0 Å². The van der Waals surface area contributed by atoms with E-state index in [-0.39, 0.29) is 6.73 Å². The first-order valence-corrected chi connectivity index (χ1v) is 10.4. The normalized spacial score (nSPS) is 18.6. The Hall–Kier alpha value is -3.60. The molecule has 1 aliphatic heterocycles. The molecule has 0 saturated carbocycles. The smallest absolute Gasteiger partial charge is 0.243 e. The zero-order valence-electron chi connectivity index (χ0n) is 19.5. The van der Waals surface area contributed by atoms with Gasteiger partial charge in [-0.05, 0) is 29.8 Å². The van der Waals surface area contributed by atoms with Gasteiger partial charge in [-0.3, -0.25) is 9.79 Å². The van der Waals surface area contributed by atoms with Crippen LogP contribution in [0.1, 0.15) is 5.56 Å². The van der Waals surface area contributed by atoms with Crippen molar-refractivity contribution in [2.24, 2.45) is 10.7 Å².